The molecule has 1 aliphatic heterocycles. The van der Waals surface area contributed by atoms with E-state index in [9.17, 15) is 19.5 Å². The van der Waals surface area contributed by atoms with E-state index in [4.69, 9.17) is 4.74 Å². The van der Waals surface area contributed by atoms with E-state index in [0.717, 1.165) is 37.2 Å². The molecule has 1 unspecified atom stereocenters. The number of benzene rings is 2. The maximum absolute atomic E-state index is 12.8. The first kappa shape index (κ1) is 26.4. The molecule has 4 rings (SSSR count). The Morgan fingerprint density at radius 1 is 0.947 bits per heavy atom. The van der Waals surface area contributed by atoms with Crippen molar-refractivity contribution < 1.29 is 24.2 Å². The minimum Gasteiger partial charge on any atom is -0.481 e. The molecule has 38 heavy (non-hydrogen) atoms. The van der Waals surface area contributed by atoms with Crippen molar-refractivity contribution >= 4 is 29.6 Å². The molecule has 198 valence electrons. The van der Waals surface area contributed by atoms with Gasteiger partial charge in [0.2, 0.25) is 5.95 Å². The number of carbonyl (C=O) groups excluding carboxylic acids is 2. The largest absolute Gasteiger partial charge is 0.481 e. The molecule has 0 radical (unpaired) electrons. The van der Waals surface area contributed by atoms with Crippen molar-refractivity contribution in [2.24, 2.45) is 0 Å². The van der Waals surface area contributed by atoms with Crippen LogP contribution in [0.4, 0.5) is 16.4 Å². The van der Waals surface area contributed by atoms with Crippen molar-refractivity contribution in [1.82, 2.24) is 20.6 Å². The van der Waals surface area contributed by atoms with Gasteiger partial charge < -0.3 is 30.7 Å². The van der Waals surface area contributed by atoms with Crippen LogP contribution in [0, 0.1) is 0 Å². The van der Waals surface area contributed by atoms with E-state index in [-0.39, 0.29) is 12.6 Å². The smallest absolute Gasteiger partial charge is 0.409 e. The molecule has 0 bridgehead atoms. The third kappa shape index (κ3) is 7.92. The number of nitrogens with one attached hydrogen (secondary N) is 3. The van der Waals surface area contributed by atoms with Crippen molar-refractivity contribution in [2.75, 3.05) is 23.3 Å². The van der Waals surface area contributed by atoms with E-state index in [1.54, 1.807) is 42.7 Å². The van der Waals surface area contributed by atoms with E-state index >= 15 is 0 Å². The maximum Gasteiger partial charge on any atom is 0.409 e. The lowest BCUT2D eigenvalue weighted by Gasteiger charge is -2.34. The number of alkyl carbamates (subject to hydrolysis) is 1. The number of hydrogen-bond donors (Lipinski definition) is 4. The van der Waals surface area contributed by atoms with Crippen LogP contribution in [0.25, 0.3) is 0 Å². The third-order valence-electron chi connectivity index (χ3n) is 6.08. The highest BCUT2D eigenvalue weighted by atomic mass is 16.5. The van der Waals surface area contributed by atoms with Crippen molar-refractivity contribution in [3.8, 4) is 0 Å². The number of ether oxygens (including phenoxy) is 1. The number of nitrogens with zero attached hydrogens (tertiary/aromatic N) is 3. The summed E-state index contributed by atoms with van der Waals surface area (Å²) in [7, 11) is 0. The molecule has 4 N–H and O–H groups in total. The number of aromatic nitrogens is 2. The summed E-state index contributed by atoms with van der Waals surface area (Å²) in [5.41, 5.74) is 2.12. The summed E-state index contributed by atoms with van der Waals surface area (Å²) in [4.78, 5) is 46.9. The molecule has 2 heterocycles. The Bertz CT molecular complexity index is 1200. The average molecular weight is 519 g/mol. The van der Waals surface area contributed by atoms with Crippen LogP contribution < -0.4 is 20.9 Å². The molecule has 2 aromatic carbocycles. The Balaban J connectivity index is 1.27. The predicted molar refractivity (Wildman–Crippen MR) is 141 cm³/mol. The number of piperidine rings is 1. The normalized spacial score (nSPS) is 14.3. The Morgan fingerprint density at radius 3 is 2.29 bits per heavy atom. The molecule has 1 saturated heterocycles. The maximum atomic E-state index is 12.8. The summed E-state index contributed by atoms with van der Waals surface area (Å²) in [6.07, 6.45) is 2.80. The van der Waals surface area contributed by atoms with E-state index in [1.165, 1.54) is 0 Å². The second kappa shape index (κ2) is 13.0. The standard InChI is InChI=1S/C27H30N6O5/c34-24(35)17-23(32-27(37)38-18-19-5-2-1-3-6-19)31-25(36)20-7-9-22(10-8-20)33-15-11-21(12-16-33)30-26-28-13-4-14-29-26/h1-10,13-14,21,23H,11-12,15-18H2,(H,31,36)(H,32,37)(H,34,35)(H,28,29,30). The van der Waals surface area contributed by atoms with Crippen LogP contribution in [0.1, 0.15) is 35.2 Å². The molecule has 1 fully saturated rings. The van der Waals surface area contributed by atoms with Crippen LogP contribution in [-0.2, 0) is 16.1 Å². The van der Waals surface area contributed by atoms with Crippen LogP contribution in [-0.4, -0.2) is 58.3 Å². The lowest BCUT2D eigenvalue weighted by atomic mass is 10.0. The Morgan fingerprint density at radius 2 is 1.63 bits per heavy atom. The Kier molecular flexibility index (Phi) is 9.06. The zero-order valence-electron chi connectivity index (χ0n) is 20.7. The number of hydrogen-bond acceptors (Lipinski definition) is 8. The van der Waals surface area contributed by atoms with Gasteiger partial charge in [0, 0.05) is 42.8 Å². The predicted octanol–water partition coefficient (Wildman–Crippen LogP) is 3.01. The molecule has 1 aliphatic rings. The van der Waals surface area contributed by atoms with Crippen LogP contribution in [0.5, 0.6) is 0 Å². The SMILES string of the molecule is O=C(O)CC(NC(=O)OCc1ccccc1)NC(=O)c1ccc(N2CCC(Nc3ncccn3)CC2)cc1. The summed E-state index contributed by atoms with van der Waals surface area (Å²) in [5, 5.41) is 17.5. The van der Waals surface area contributed by atoms with E-state index < -0.39 is 30.6 Å². The fourth-order valence-corrected chi connectivity index (χ4v) is 4.12. The summed E-state index contributed by atoms with van der Waals surface area (Å²) >= 11 is 0. The van der Waals surface area contributed by atoms with Crippen molar-refractivity contribution in [1.29, 1.82) is 0 Å². The van der Waals surface area contributed by atoms with E-state index in [1.807, 2.05) is 30.3 Å². The van der Waals surface area contributed by atoms with Gasteiger partial charge in [-0.05, 0) is 48.7 Å². The minimum atomic E-state index is -1.18. The van der Waals surface area contributed by atoms with Crippen LogP contribution in [0.3, 0.4) is 0 Å². The van der Waals surface area contributed by atoms with Gasteiger partial charge in [0.15, 0.2) is 0 Å². The lowest BCUT2D eigenvalue weighted by Crippen LogP contribution is -2.49. The van der Waals surface area contributed by atoms with Crippen molar-refractivity contribution in [3.05, 3.63) is 84.2 Å². The number of aliphatic carboxylic acids is 1. The first-order valence-corrected chi connectivity index (χ1v) is 12.3. The summed E-state index contributed by atoms with van der Waals surface area (Å²) in [6.45, 7) is 1.70. The molecular weight excluding hydrogens is 488 g/mol. The molecule has 3 aromatic rings. The number of carbonyl (C=O) groups is 3. The monoisotopic (exact) mass is 518 g/mol. The second-order valence-corrected chi connectivity index (χ2v) is 8.85. The fourth-order valence-electron chi connectivity index (χ4n) is 4.12. The van der Waals surface area contributed by atoms with E-state index in [2.05, 4.69) is 30.8 Å². The quantitative estimate of drug-likeness (QED) is 0.298. The summed E-state index contributed by atoms with van der Waals surface area (Å²) in [5.74, 6) is -1.05. The molecule has 2 amide bonds. The first-order valence-electron chi connectivity index (χ1n) is 12.3. The second-order valence-electron chi connectivity index (χ2n) is 8.85. The van der Waals surface area contributed by atoms with Gasteiger partial charge in [0.25, 0.3) is 5.91 Å². The molecule has 0 saturated carbocycles. The van der Waals surface area contributed by atoms with E-state index in [0.29, 0.717) is 11.5 Å². The van der Waals surface area contributed by atoms with Gasteiger partial charge in [0.1, 0.15) is 12.8 Å². The number of carboxylic acid groups (broad SMARTS) is 1. The molecule has 11 heteroatoms. The van der Waals surface area contributed by atoms with Crippen molar-refractivity contribution in [2.45, 2.75) is 38.1 Å². The zero-order valence-corrected chi connectivity index (χ0v) is 20.7. The summed E-state index contributed by atoms with van der Waals surface area (Å²) < 4.78 is 5.14. The number of rotatable bonds is 10. The highest BCUT2D eigenvalue weighted by Crippen LogP contribution is 2.22. The Hall–Kier alpha value is -4.67. The highest BCUT2D eigenvalue weighted by molar-refractivity contribution is 5.95. The Labute approximate surface area is 220 Å². The number of carboxylic acids is 1. The average Bonchev–Trinajstić information content (AvgIpc) is 2.93. The fraction of sp³-hybridized carbons (Fsp3) is 0.296. The molecule has 0 aliphatic carbocycles. The van der Waals surface area contributed by atoms with Gasteiger partial charge in [-0.3, -0.25) is 9.59 Å². The van der Waals surface area contributed by atoms with Gasteiger partial charge in [-0.25, -0.2) is 14.8 Å². The highest BCUT2D eigenvalue weighted by Gasteiger charge is 2.22. The van der Waals surface area contributed by atoms with Gasteiger partial charge in [-0.2, -0.15) is 0 Å². The van der Waals surface area contributed by atoms with Gasteiger partial charge >= 0.3 is 12.1 Å². The van der Waals surface area contributed by atoms with Gasteiger partial charge in [-0.15, -0.1) is 0 Å². The molecule has 1 aromatic heterocycles. The number of amides is 2. The minimum absolute atomic E-state index is 0.0230. The summed E-state index contributed by atoms with van der Waals surface area (Å²) in [6, 6.07) is 18.2. The van der Waals surface area contributed by atoms with Crippen LogP contribution in [0.15, 0.2) is 73.1 Å². The molecule has 0 spiro atoms. The molecule has 1 atom stereocenters. The third-order valence-corrected chi connectivity index (χ3v) is 6.08. The van der Waals surface area contributed by atoms with Crippen molar-refractivity contribution in [3.63, 3.8) is 0 Å². The lowest BCUT2D eigenvalue weighted by molar-refractivity contribution is -0.137. The zero-order chi connectivity index (χ0) is 26.7. The molecule has 11 nitrogen and oxygen atoms in total. The first-order chi connectivity index (χ1) is 18.5. The van der Waals surface area contributed by atoms with Crippen LogP contribution in [0.2, 0.25) is 0 Å². The molecular formula is C27H30N6O5. The topological polar surface area (TPSA) is 146 Å². The van der Waals surface area contributed by atoms with Crippen LogP contribution >= 0.6 is 0 Å². The van der Waals surface area contributed by atoms with Gasteiger partial charge in [-0.1, -0.05) is 30.3 Å². The number of anilines is 2. The van der Waals surface area contributed by atoms with Gasteiger partial charge in [0.05, 0.1) is 6.42 Å².